The molecule has 3 aliphatic rings. The maximum absolute atomic E-state index is 9.82. The van der Waals surface area contributed by atoms with Crippen LogP contribution in [0.4, 0.5) is 0 Å². The first-order valence-corrected chi connectivity index (χ1v) is 7.57. The summed E-state index contributed by atoms with van der Waals surface area (Å²) in [5.41, 5.74) is -0.195. The van der Waals surface area contributed by atoms with Gasteiger partial charge in [-0.3, -0.25) is 0 Å². The minimum atomic E-state index is -0.195. The van der Waals surface area contributed by atoms with E-state index in [0.29, 0.717) is 23.9 Å². The third-order valence-electron chi connectivity index (χ3n) is 5.60. The lowest BCUT2D eigenvalue weighted by Crippen LogP contribution is -2.44. The molecule has 0 aromatic rings. The molecule has 1 aliphatic heterocycles. The van der Waals surface area contributed by atoms with Crippen LogP contribution in [-0.4, -0.2) is 12.1 Å². The van der Waals surface area contributed by atoms with Crippen molar-refractivity contribution in [1.29, 1.82) is 5.26 Å². The average Bonchev–Trinajstić information content (AvgIpc) is 2.56. The Kier molecular flexibility index (Phi) is 3.13. The monoisotopic (exact) mass is 245 g/mol. The summed E-state index contributed by atoms with van der Waals surface area (Å²) in [5.74, 6) is 0.904. The first kappa shape index (κ1) is 12.1. The molecule has 0 aromatic carbocycles. The van der Waals surface area contributed by atoms with Gasteiger partial charge in [0.25, 0.3) is 0 Å². The maximum Gasteiger partial charge on any atom is 0.0751 e. The van der Waals surface area contributed by atoms with Crippen LogP contribution in [0.2, 0.25) is 0 Å². The number of fused-ring (bicyclic) bond motifs is 2. The van der Waals surface area contributed by atoms with Crippen LogP contribution in [0.1, 0.15) is 58.3 Å². The van der Waals surface area contributed by atoms with E-state index in [9.17, 15) is 5.26 Å². The molecule has 0 N–H and O–H groups in total. The highest BCUT2D eigenvalue weighted by Gasteiger charge is 2.51. The smallest absolute Gasteiger partial charge is 0.0751 e. The van der Waals surface area contributed by atoms with Gasteiger partial charge in [0, 0.05) is 11.8 Å². The summed E-state index contributed by atoms with van der Waals surface area (Å²) >= 11 is 0. The van der Waals surface area contributed by atoms with E-state index in [2.05, 4.69) is 23.2 Å². The van der Waals surface area contributed by atoms with Crippen molar-refractivity contribution in [3.63, 3.8) is 0 Å². The van der Waals surface area contributed by atoms with Crippen LogP contribution < -0.4 is 0 Å². The summed E-state index contributed by atoms with van der Waals surface area (Å²) in [6.45, 7) is 2.20. The second kappa shape index (κ2) is 4.64. The lowest BCUT2D eigenvalue weighted by molar-refractivity contribution is 0.0831. The van der Waals surface area contributed by atoms with Crippen molar-refractivity contribution in [3.05, 3.63) is 0 Å². The molecule has 3 nitrogen and oxygen atoms in total. The van der Waals surface area contributed by atoms with Crippen molar-refractivity contribution in [3.8, 4) is 6.07 Å². The minimum Gasteiger partial charge on any atom is -0.198 e. The fourth-order valence-corrected chi connectivity index (χ4v) is 4.51. The lowest BCUT2D eigenvalue weighted by Gasteiger charge is -2.43. The molecule has 0 saturated heterocycles. The van der Waals surface area contributed by atoms with Crippen molar-refractivity contribution >= 4 is 0 Å². The SMILES string of the molecule is CC1(C#N)C2CCCCC2N=NC2CCCCC21. The first-order chi connectivity index (χ1) is 8.75. The zero-order valence-corrected chi connectivity index (χ0v) is 11.3. The Labute approximate surface area is 110 Å². The summed E-state index contributed by atoms with van der Waals surface area (Å²) in [7, 11) is 0. The van der Waals surface area contributed by atoms with E-state index in [1.165, 1.54) is 38.5 Å². The van der Waals surface area contributed by atoms with Crippen LogP contribution >= 0.6 is 0 Å². The van der Waals surface area contributed by atoms with Gasteiger partial charge in [0.2, 0.25) is 0 Å². The molecule has 0 spiro atoms. The summed E-state index contributed by atoms with van der Waals surface area (Å²) in [4.78, 5) is 0. The molecule has 2 fully saturated rings. The van der Waals surface area contributed by atoms with Crippen LogP contribution in [0.25, 0.3) is 0 Å². The highest BCUT2D eigenvalue weighted by Crippen LogP contribution is 2.51. The maximum atomic E-state index is 9.82. The molecule has 3 heteroatoms. The zero-order chi connectivity index (χ0) is 12.6. The second-order valence-electron chi connectivity index (χ2n) is 6.54. The van der Waals surface area contributed by atoms with E-state index in [0.717, 1.165) is 12.8 Å². The molecule has 1 heterocycles. The van der Waals surface area contributed by atoms with Gasteiger partial charge in [0.05, 0.1) is 23.6 Å². The highest BCUT2D eigenvalue weighted by molar-refractivity contribution is 5.12. The Morgan fingerprint density at radius 1 is 0.889 bits per heavy atom. The molecule has 4 atom stereocenters. The van der Waals surface area contributed by atoms with Crippen molar-refractivity contribution < 1.29 is 0 Å². The molecule has 2 aliphatic carbocycles. The predicted octanol–water partition coefficient (Wildman–Crippen LogP) is 4.10. The van der Waals surface area contributed by atoms with Gasteiger partial charge in [-0.15, -0.1) is 0 Å². The molecule has 3 rings (SSSR count). The van der Waals surface area contributed by atoms with Gasteiger partial charge >= 0.3 is 0 Å². The van der Waals surface area contributed by atoms with Crippen LogP contribution in [0.3, 0.4) is 0 Å². The third kappa shape index (κ3) is 1.77. The molecule has 4 unspecified atom stereocenters. The average molecular weight is 245 g/mol. The fourth-order valence-electron chi connectivity index (χ4n) is 4.51. The van der Waals surface area contributed by atoms with Crippen LogP contribution in [0.15, 0.2) is 10.2 Å². The van der Waals surface area contributed by atoms with E-state index < -0.39 is 0 Å². The largest absolute Gasteiger partial charge is 0.198 e. The van der Waals surface area contributed by atoms with E-state index >= 15 is 0 Å². The number of hydrogen-bond donors (Lipinski definition) is 0. The predicted molar refractivity (Wildman–Crippen MR) is 70.1 cm³/mol. The second-order valence-corrected chi connectivity index (χ2v) is 6.54. The summed E-state index contributed by atoms with van der Waals surface area (Å²) in [5, 5.41) is 19.1. The van der Waals surface area contributed by atoms with Gasteiger partial charge in [-0.2, -0.15) is 15.5 Å². The molecular weight excluding hydrogens is 222 g/mol. The fraction of sp³-hybridized carbons (Fsp3) is 0.933. The van der Waals surface area contributed by atoms with Crippen molar-refractivity contribution in [2.75, 3.05) is 0 Å². The Morgan fingerprint density at radius 2 is 1.33 bits per heavy atom. The summed E-state index contributed by atoms with van der Waals surface area (Å²) in [6, 6.07) is 3.35. The normalized spacial score (nSPS) is 47.6. The molecule has 0 amide bonds. The standard InChI is InChI=1S/C15H23N3/c1-15(10-16)11-6-2-4-8-13(11)17-18-14-9-5-3-7-12(14)15/h11-14H,2-9H2,1H3. The van der Waals surface area contributed by atoms with E-state index in [4.69, 9.17) is 0 Å². The minimum absolute atomic E-state index is 0.195. The van der Waals surface area contributed by atoms with Crippen LogP contribution in [-0.2, 0) is 0 Å². The third-order valence-corrected chi connectivity index (χ3v) is 5.60. The van der Waals surface area contributed by atoms with Crippen LogP contribution in [0.5, 0.6) is 0 Å². The van der Waals surface area contributed by atoms with E-state index in [-0.39, 0.29) is 5.41 Å². The van der Waals surface area contributed by atoms with Gasteiger partial charge in [-0.05, 0) is 32.6 Å². The Balaban J connectivity index is 1.98. The molecule has 0 bridgehead atoms. The lowest BCUT2D eigenvalue weighted by atomic mass is 9.58. The summed E-state index contributed by atoms with van der Waals surface area (Å²) in [6.07, 6.45) is 9.70. The van der Waals surface area contributed by atoms with Gasteiger partial charge < -0.3 is 0 Å². The van der Waals surface area contributed by atoms with E-state index in [1.54, 1.807) is 0 Å². The van der Waals surface area contributed by atoms with Crippen molar-refractivity contribution in [2.24, 2.45) is 27.5 Å². The topological polar surface area (TPSA) is 48.5 Å². The van der Waals surface area contributed by atoms with Crippen molar-refractivity contribution in [2.45, 2.75) is 70.4 Å². The Hall–Kier alpha value is -0.910. The van der Waals surface area contributed by atoms with Gasteiger partial charge in [-0.25, -0.2) is 0 Å². The molecule has 18 heavy (non-hydrogen) atoms. The van der Waals surface area contributed by atoms with Crippen molar-refractivity contribution in [1.82, 2.24) is 0 Å². The number of nitriles is 1. The Morgan fingerprint density at radius 3 is 1.78 bits per heavy atom. The number of azo groups is 1. The Bertz CT molecular complexity index is 356. The number of hydrogen-bond acceptors (Lipinski definition) is 3. The quantitative estimate of drug-likeness (QED) is 0.633. The van der Waals surface area contributed by atoms with Gasteiger partial charge in [0.1, 0.15) is 0 Å². The van der Waals surface area contributed by atoms with Gasteiger partial charge in [-0.1, -0.05) is 25.7 Å². The molecule has 0 aromatic heterocycles. The molecule has 0 radical (unpaired) electrons. The highest BCUT2D eigenvalue weighted by atomic mass is 15.2. The van der Waals surface area contributed by atoms with Crippen LogP contribution in [0, 0.1) is 28.6 Å². The number of nitrogens with zero attached hydrogens (tertiary/aromatic N) is 3. The molecule has 98 valence electrons. The first-order valence-electron chi connectivity index (χ1n) is 7.57. The zero-order valence-electron chi connectivity index (χ0n) is 11.3. The molecule has 2 saturated carbocycles. The summed E-state index contributed by atoms with van der Waals surface area (Å²) < 4.78 is 0. The molecular formula is C15H23N3. The number of rotatable bonds is 0. The van der Waals surface area contributed by atoms with Gasteiger partial charge in [0.15, 0.2) is 0 Å². The van der Waals surface area contributed by atoms with E-state index in [1.807, 2.05) is 0 Å².